The topological polar surface area (TPSA) is 132 Å². The summed E-state index contributed by atoms with van der Waals surface area (Å²) in [6.07, 6.45) is 6.12. The maximum absolute atomic E-state index is 6.28. The number of methoxy groups -OCH3 is 6. The molecule has 2 atom stereocenters. The largest absolute Gasteiger partial charge is 0.493 e. The van der Waals surface area contributed by atoms with Gasteiger partial charge in [0.05, 0.1) is 59.5 Å². The molecule has 3 aliphatic rings. The normalized spacial score (nSPS) is 14.1. The van der Waals surface area contributed by atoms with Gasteiger partial charge in [-0.2, -0.15) is 0 Å². The maximum atomic E-state index is 6.28. The molecule has 6 aromatic carbocycles. The molecule has 9 rings (SSSR count). The SMILES string of the molecule is CCC(C)(C)c1ccc(OCCOc2c(COC)cc3c(c2COC)CCN(C)C3)cc1.CCC(C)c1ccc(OCCOc2c(COC)cc3c(c2COC)CCO3)cc1.CCC(C)c1ccc(OCCOc2c(COC)cc3c(c2COC)CCOC3)cc1. The quantitative estimate of drug-likeness (QED) is 0.0362. The van der Waals surface area contributed by atoms with Crippen molar-refractivity contribution in [1.29, 1.82) is 0 Å². The number of benzene rings is 6. The Morgan fingerprint density at radius 1 is 0.462 bits per heavy atom. The van der Waals surface area contributed by atoms with Crippen LogP contribution in [0.25, 0.3) is 0 Å². The van der Waals surface area contributed by atoms with Crippen LogP contribution in [0.1, 0.15) is 157 Å². The van der Waals surface area contributed by atoms with Gasteiger partial charge in [0, 0.05) is 101 Å². The van der Waals surface area contributed by atoms with Gasteiger partial charge in [-0.05, 0) is 150 Å². The number of rotatable bonds is 33. The highest BCUT2D eigenvalue weighted by Gasteiger charge is 2.27. The van der Waals surface area contributed by atoms with E-state index in [-0.39, 0.29) is 5.41 Å². The van der Waals surface area contributed by atoms with Gasteiger partial charge in [0.1, 0.15) is 79.9 Å². The van der Waals surface area contributed by atoms with E-state index in [4.69, 9.17) is 66.3 Å². The van der Waals surface area contributed by atoms with Gasteiger partial charge in [0.2, 0.25) is 0 Å². The van der Waals surface area contributed by atoms with E-state index in [1.54, 1.807) is 42.7 Å². The van der Waals surface area contributed by atoms with Crippen LogP contribution in [0.15, 0.2) is 91.0 Å². The van der Waals surface area contributed by atoms with Crippen LogP contribution in [0.2, 0.25) is 0 Å². The average molecular weight is 1260 g/mol. The van der Waals surface area contributed by atoms with Crippen LogP contribution in [0.5, 0.6) is 40.2 Å². The molecule has 15 nitrogen and oxygen atoms in total. The summed E-state index contributed by atoms with van der Waals surface area (Å²) in [6, 6.07) is 31.5. The standard InChI is InChI=1S/C27H39NO4.C25H34O5.C24H32O5/c1-7-27(2,3)22-8-10-23(11-9-22)31-14-15-32-26-21(18-29-5)16-20-17-28(4)13-12-24(20)25(26)19-30-6;1-5-18(2)19-6-8-22(9-7-19)29-12-13-30-25-21(15-26-3)14-20-16-28-11-10-23(20)24(25)17-27-4;1-5-17(2)18-6-8-20(9-7-18)27-12-13-29-24-19(15-25-3)14-23-21(10-11-28-23)22(24)16-26-4/h8-11,16H,7,12-15,17-19H2,1-6H3;6-9,14,18H,5,10-13,15-17H2,1-4H3;6-9,14,17H,5,10-13,15-16H2,1-4H3. The number of ether oxygens (including phenoxy) is 14. The molecular formula is C76H105NO14. The van der Waals surface area contributed by atoms with Crippen molar-refractivity contribution in [2.24, 2.45) is 0 Å². The minimum Gasteiger partial charge on any atom is -0.493 e. The molecule has 0 amide bonds. The highest BCUT2D eigenvalue weighted by molar-refractivity contribution is 5.56. The summed E-state index contributed by atoms with van der Waals surface area (Å²) in [6.45, 7) is 25.4. The monoisotopic (exact) mass is 1260 g/mol. The summed E-state index contributed by atoms with van der Waals surface area (Å²) in [5, 5.41) is 0. The van der Waals surface area contributed by atoms with Crippen molar-refractivity contribution >= 4 is 0 Å². The van der Waals surface area contributed by atoms with Crippen LogP contribution in [0.3, 0.4) is 0 Å². The van der Waals surface area contributed by atoms with E-state index in [1.165, 1.54) is 44.5 Å². The Labute approximate surface area is 544 Å². The lowest BCUT2D eigenvalue weighted by molar-refractivity contribution is 0.107. The molecule has 0 bridgehead atoms. The van der Waals surface area contributed by atoms with E-state index < -0.39 is 0 Å². The number of likely N-dealkylation sites (N-methyl/N-ethyl adjacent to an activating group) is 1. The highest BCUT2D eigenvalue weighted by Crippen LogP contribution is 2.40. The summed E-state index contributed by atoms with van der Waals surface area (Å²) in [5.74, 6) is 7.20. The molecule has 0 fully saturated rings. The first-order valence-electron chi connectivity index (χ1n) is 32.6. The lowest BCUT2D eigenvalue weighted by atomic mass is 9.82. The number of hydrogen-bond donors (Lipinski definition) is 0. The molecule has 0 saturated carbocycles. The minimum atomic E-state index is 0.179. The van der Waals surface area contributed by atoms with Gasteiger partial charge in [-0.15, -0.1) is 0 Å². The van der Waals surface area contributed by atoms with Crippen LogP contribution >= 0.6 is 0 Å². The van der Waals surface area contributed by atoms with Crippen molar-refractivity contribution in [1.82, 2.24) is 4.90 Å². The smallest absolute Gasteiger partial charge is 0.131 e. The zero-order chi connectivity index (χ0) is 65.1. The molecule has 498 valence electrons. The fraction of sp³-hybridized carbons (Fsp3) is 0.526. The van der Waals surface area contributed by atoms with Crippen LogP contribution in [-0.4, -0.2) is 114 Å². The molecule has 0 aliphatic carbocycles. The number of fused-ring (bicyclic) bond motifs is 3. The summed E-state index contributed by atoms with van der Waals surface area (Å²) in [7, 11) is 12.4. The zero-order valence-corrected chi connectivity index (χ0v) is 57.2. The van der Waals surface area contributed by atoms with E-state index in [0.717, 1.165) is 132 Å². The first-order valence-corrected chi connectivity index (χ1v) is 32.6. The second kappa shape index (κ2) is 37.3. The van der Waals surface area contributed by atoms with Gasteiger partial charge >= 0.3 is 0 Å². The molecular weight excluding hydrogens is 1150 g/mol. The zero-order valence-electron chi connectivity index (χ0n) is 57.2. The van der Waals surface area contributed by atoms with Gasteiger partial charge < -0.3 is 71.2 Å². The molecule has 6 aromatic rings. The molecule has 91 heavy (non-hydrogen) atoms. The van der Waals surface area contributed by atoms with Crippen LogP contribution in [-0.2, 0) is 111 Å². The number of hydrogen-bond acceptors (Lipinski definition) is 15. The summed E-state index contributed by atoms with van der Waals surface area (Å²) >= 11 is 0. The van der Waals surface area contributed by atoms with Crippen molar-refractivity contribution < 1.29 is 66.3 Å². The predicted molar refractivity (Wildman–Crippen MR) is 359 cm³/mol. The Kier molecular flexibility index (Phi) is 29.6. The Hall–Kier alpha value is -6.40. The number of nitrogens with zero attached hydrogens (tertiary/aromatic N) is 1. The molecule has 0 spiro atoms. The highest BCUT2D eigenvalue weighted by atomic mass is 16.5. The molecule has 0 radical (unpaired) electrons. The lowest BCUT2D eigenvalue weighted by Crippen LogP contribution is -2.28. The Morgan fingerprint density at radius 3 is 1.30 bits per heavy atom. The fourth-order valence-electron chi connectivity index (χ4n) is 11.7. The average Bonchev–Trinajstić information content (AvgIpc) is 1.60. The molecule has 0 saturated heterocycles. The van der Waals surface area contributed by atoms with Gasteiger partial charge in [-0.1, -0.05) is 84.9 Å². The van der Waals surface area contributed by atoms with Gasteiger partial charge in [0.15, 0.2) is 0 Å². The maximum Gasteiger partial charge on any atom is 0.131 e. The van der Waals surface area contributed by atoms with Crippen molar-refractivity contribution in [2.75, 3.05) is 109 Å². The summed E-state index contributed by atoms with van der Waals surface area (Å²) in [5.41, 5.74) is 16.9. The van der Waals surface area contributed by atoms with Gasteiger partial charge in [0.25, 0.3) is 0 Å². The third-order valence-electron chi connectivity index (χ3n) is 17.6. The fourth-order valence-corrected chi connectivity index (χ4v) is 11.7. The molecule has 0 aromatic heterocycles. The van der Waals surface area contributed by atoms with Crippen molar-refractivity contribution in [3.05, 3.63) is 169 Å². The Morgan fingerprint density at radius 2 is 0.857 bits per heavy atom. The van der Waals surface area contributed by atoms with Crippen molar-refractivity contribution in [3.63, 3.8) is 0 Å². The predicted octanol–water partition coefficient (Wildman–Crippen LogP) is 15.0. The van der Waals surface area contributed by atoms with E-state index in [9.17, 15) is 0 Å². The lowest BCUT2D eigenvalue weighted by Gasteiger charge is -2.29. The molecule has 3 heterocycles. The van der Waals surface area contributed by atoms with E-state index in [0.29, 0.717) is 104 Å². The van der Waals surface area contributed by atoms with E-state index in [1.807, 2.05) is 30.3 Å². The van der Waals surface area contributed by atoms with Gasteiger partial charge in [-0.25, -0.2) is 0 Å². The van der Waals surface area contributed by atoms with Crippen LogP contribution in [0.4, 0.5) is 0 Å². The first-order chi connectivity index (χ1) is 44.2. The molecule has 15 heteroatoms. The Balaban J connectivity index is 0.000000194. The van der Waals surface area contributed by atoms with E-state index >= 15 is 0 Å². The van der Waals surface area contributed by atoms with Crippen LogP contribution < -0.4 is 33.2 Å². The third-order valence-corrected chi connectivity index (χ3v) is 17.6. The molecule has 0 N–H and O–H groups in total. The van der Waals surface area contributed by atoms with Gasteiger partial charge in [-0.3, -0.25) is 0 Å². The molecule has 2 unspecified atom stereocenters. The van der Waals surface area contributed by atoms with E-state index in [2.05, 4.69) is 121 Å². The molecule has 3 aliphatic heterocycles. The second-order valence-electron chi connectivity index (χ2n) is 24.4. The summed E-state index contributed by atoms with van der Waals surface area (Å²) < 4.78 is 80.5. The Bertz CT molecular complexity index is 3130. The van der Waals surface area contributed by atoms with Crippen molar-refractivity contribution in [2.45, 2.75) is 157 Å². The summed E-state index contributed by atoms with van der Waals surface area (Å²) in [4.78, 5) is 2.34. The first kappa shape index (κ1) is 72.0. The third kappa shape index (κ3) is 20.3. The minimum absolute atomic E-state index is 0.179. The van der Waals surface area contributed by atoms with Crippen LogP contribution in [0, 0.1) is 0 Å². The van der Waals surface area contributed by atoms with Crippen molar-refractivity contribution in [3.8, 4) is 40.2 Å². The second-order valence-corrected chi connectivity index (χ2v) is 24.4.